The molecule has 23 heavy (non-hydrogen) atoms. The standard InChI is InChI=1S/C20H24O3/c1-4-22-19(21)20(2,3)14-16-10-12-18(13-11-16)23-15-17-8-6-5-7-9-17/h5-13H,4,14-15H2,1-3H3. The summed E-state index contributed by atoms with van der Waals surface area (Å²) in [5, 5.41) is 0. The second-order valence-corrected chi connectivity index (χ2v) is 6.20. The van der Waals surface area contributed by atoms with Gasteiger partial charge < -0.3 is 9.47 Å². The Kier molecular flexibility index (Phi) is 5.80. The Morgan fingerprint density at radius 1 is 0.957 bits per heavy atom. The van der Waals surface area contributed by atoms with E-state index in [0.717, 1.165) is 16.9 Å². The van der Waals surface area contributed by atoms with Crippen molar-refractivity contribution >= 4 is 5.97 Å². The topological polar surface area (TPSA) is 35.5 Å². The Hall–Kier alpha value is -2.29. The molecule has 0 saturated heterocycles. The zero-order chi connectivity index (χ0) is 16.7. The van der Waals surface area contributed by atoms with Crippen LogP contribution in [0.4, 0.5) is 0 Å². The first-order chi connectivity index (χ1) is 11.0. The molecular weight excluding hydrogens is 288 g/mol. The van der Waals surface area contributed by atoms with E-state index >= 15 is 0 Å². The smallest absolute Gasteiger partial charge is 0.311 e. The molecule has 0 fully saturated rings. The maximum atomic E-state index is 11.9. The second kappa shape index (κ2) is 7.82. The molecule has 0 atom stereocenters. The third-order valence-electron chi connectivity index (χ3n) is 3.65. The molecule has 2 rings (SSSR count). The fourth-order valence-electron chi connectivity index (χ4n) is 2.35. The van der Waals surface area contributed by atoms with E-state index in [1.54, 1.807) is 0 Å². The van der Waals surface area contributed by atoms with Crippen LogP contribution in [0, 0.1) is 5.41 Å². The molecule has 0 saturated carbocycles. The number of hydrogen-bond acceptors (Lipinski definition) is 3. The molecular formula is C20H24O3. The summed E-state index contributed by atoms with van der Waals surface area (Å²) >= 11 is 0. The summed E-state index contributed by atoms with van der Waals surface area (Å²) in [5.74, 6) is 0.663. The number of carbonyl (C=O) groups excluding carboxylic acids is 1. The Bertz CT molecular complexity index is 615. The highest BCUT2D eigenvalue weighted by Crippen LogP contribution is 2.25. The first-order valence-electron chi connectivity index (χ1n) is 7.94. The Morgan fingerprint density at radius 2 is 1.61 bits per heavy atom. The van der Waals surface area contributed by atoms with Gasteiger partial charge in [-0.3, -0.25) is 4.79 Å². The van der Waals surface area contributed by atoms with Crippen LogP contribution in [0.1, 0.15) is 31.9 Å². The first kappa shape index (κ1) is 17.1. The molecule has 0 aliphatic rings. The van der Waals surface area contributed by atoms with Gasteiger partial charge in [0.05, 0.1) is 12.0 Å². The summed E-state index contributed by atoms with van der Waals surface area (Å²) in [6, 6.07) is 18.0. The monoisotopic (exact) mass is 312 g/mol. The number of carbonyl (C=O) groups is 1. The molecule has 0 aliphatic carbocycles. The molecule has 0 amide bonds. The molecule has 0 unspecified atom stereocenters. The van der Waals surface area contributed by atoms with Crippen LogP contribution >= 0.6 is 0 Å². The number of ether oxygens (including phenoxy) is 2. The van der Waals surface area contributed by atoms with Crippen LogP contribution in [-0.2, 0) is 22.6 Å². The van der Waals surface area contributed by atoms with E-state index in [-0.39, 0.29) is 5.97 Å². The largest absolute Gasteiger partial charge is 0.489 e. The highest BCUT2D eigenvalue weighted by molar-refractivity contribution is 5.76. The Morgan fingerprint density at radius 3 is 2.22 bits per heavy atom. The average molecular weight is 312 g/mol. The van der Waals surface area contributed by atoms with Crippen molar-refractivity contribution in [3.05, 3.63) is 65.7 Å². The minimum Gasteiger partial charge on any atom is -0.489 e. The van der Waals surface area contributed by atoms with Crippen molar-refractivity contribution in [3.63, 3.8) is 0 Å². The lowest BCUT2D eigenvalue weighted by Crippen LogP contribution is -2.28. The summed E-state index contributed by atoms with van der Waals surface area (Å²) in [6.07, 6.45) is 0.644. The molecule has 122 valence electrons. The SMILES string of the molecule is CCOC(=O)C(C)(C)Cc1ccc(OCc2ccccc2)cc1. The van der Waals surface area contributed by atoms with E-state index in [1.807, 2.05) is 75.4 Å². The molecule has 2 aromatic rings. The zero-order valence-electron chi connectivity index (χ0n) is 14.0. The van der Waals surface area contributed by atoms with Gasteiger partial charge in [-0.2, -0.15) is 0 Å². The third kappa shape index (κ3) is 5.13. The summed E-state index contributed by atoms with van der Waals surface area (Å²) in [7, 11) is 0. The number of rotatable bonds is 7. The summed E-state index contributed by atoms with van der Waals surface area (Å²) < 4.78 is 10.9. The predicted octanol–water partition coefficient (Wildman–Crippen LogP) is 4.40. The fraction of sp³-hybridized carbons (Fsp3) is 0.350. The molecule has 0 aliphatic heterocycles. The van der Waals surface area contributed by atoms with Crippen molar-refractivity contribution in [2.24, 2.45) is 5.41 Å². The molecule has 3 heteroatoms. The molecule has 2 aromatic carbocycles. The molecule has 0 heterocycles. The van der Waals surface area contributed by atoms with Gasteiger partial charge >= 0.3 is 5.97 Å². The van der Waals surface area contributed by atoms with Crippen LogP contribution in [0.3, 0.4) is 0 Å². The van der Waals surface area contributed by atoms with Crippen LogP contribution in [0.5, 0.6) is 5.75 Å². The van der Waals surface area contributed by atoms with Gasteiger partial charge in [-0.25, -0.2) is 0 Å². The van der Waals surface area contributed by atoms with Gasteiger partial charge in [-0.1, -0.05) is 42.5 Å². The molecule has 0 radical (unpaired) electrons. The molecule has 0 bridgehead atoms. The minimum absolute atomic E-state index is 0.163. The maximum Gasteiger partial charge on any atom is 0.311 e. The van der Waals surface area contributed by atoms with Gasteiger partial charge in [-0.15, -0.1) is 0 Å². The highest BCUT2D eigenvalue weighted by Gasteiger charge is 2.29. The second-order valence-electron chi connectivity index (χ2n) is 6.20. The maximum absolute atomic E-state index is 11.9. The van der Waals surface area contributed by atoms with E-state index in [1.165, 1.54) is 0 Å². The van der Waals surface area contributed by atoms with Gasteiger partial charge in [0.2, 0.25) is 0 Å². The quantitative estimate of drug-likeness (QED) is 0.711. The zero-order valence-corrected chi connectivity index (χ0v) is 14.0. The van der Waals surface area contributed by atoms with Crippen molar-refractivity contribution in [3.8, 4) is 5.75 Å². The van der Waals surface area contributed by atoms with Gasteiger partial charge in [0.1, 0.15) is 12.4 Å². The van der Waals surface area contributed by atoms with Crippen LogP contribution in [0.2, 0.25) is 0 Å². The van der Waals surface area contributed by atoms with Gasteiger partial charge in [-0.05, 0) is 50.5 Å². The van der Waals surface area contributed by atoms with Crippen molar-refractivity contribution in [1.29, 1.82) is 0 Å². The summed E-state index contributed by atoms with van der Waals surface area (Å²) in [4.78, 5) is 11.9. The van der Waals surface area contributed by atoms with Gasteiger partial charge in [0.15, 0.2) is 0 Å². The van der Waals surface area contributed by atoms with Crippen LogP contribution in [0.25, 0.3) is 0 Å². The van der Waals surface area contributed by atoms with Crippen molar-refractivity contribution in [1.82, 2.24) is 0 Å². The van der Waals surface area contributed by atoms with E-state index in [4.69, 9.17) is 9.47 Å². The lowest BCUT2D eigenvalue weighted by Gasteiger charge is -2.22. The molecule has 0 aromatic heterocycles. The number of esters is 1. The summed E-state index contributed by atoms with van der Waals surface area (Å²) in [6.45, 7) is 6.60. The van der Waals surface area contributed by atoms with Crippen molar-refractivity contribution in [2.75, 3.05) is 6.61 Å². The van der Waals surface area contributed by atoms with Gasteiger partial charge in [0.25, 0.3) is 0 Å². The van der Waals surface area contributed by atoms with E-state index in [9.17, 15) is 4.79 Å². The molecule has 0 N–H and O–H groups in total. The average Bonchev–Trinajstić information content (AvgIpc) is 2.55. The van der Waals surface area contributed by atoms with Gasteiger partial charge in [0, 0.05) is 0 Å². The van der Waals surface area contributed by atoms with Crippen LogP contribution < -0.4 is 4.74 Å². The minimum atomic E-state index is -0.525. The van der Waals surface area contributed by atoms with Crippen molar-refractivity contribution < 1.29 is 14.3 Å². The molecule has 0 spiro atoms. The third-order valence-corrected chi connectivity index (χ3v) is 3.65. The molecule has 3 nitrogen and oxygen atoms in total. The van der Waals surface area contributed by atoms with Crippen LogP contribution in [-0.4, -0.2) is 12.6 Å². The lowest BCUT2D eigenvalue weighted by molar-refractivity contribution is -0.153. The summed E-state index contributed by atoms with van der Waals surface area (Å²) in [5.41, 5.74) is 1.71. The van der Waals surface area contributed by atoms with E-state index in [2.05, 4.69) is 0 Å². The predicted molar refractivity (Wildman–Crippen MR) is 91.3 cm³/mol. The van der Waals surface area contributed by atoms with Crippen molar-refractivity contribution in [2.45, 2.75) is 33.8 Å². The Labute approximate surface area is 138 Å². The Balaban J connectivity index is 1.93. The fourth-order valence-corrected chi connectivity index (χ4v) is 2.35. The lowest BCUT2D eigenvalue weighted by atomic mass is 9.86. The highest BCUT2D eigenvalue weighted by atomic mass is 16.5. The van der Waals surface area contributed by atoms with E-state index < -0.39 is 5.41 Å². The first-order valence-corrected chi connectivity index (χ1v) is 7.94. The van der Waals surface area contributed by atoms with E-state index in [0.29, 0.717) is 19.6 Å². The normalized spacial score (nSPS) is 11.1. The number of hydrogen-bond donors (Lipinski definition) is 0. The van der Waals surface area contributed by atoms with Crippen LogP contribution in [0.15, 0.2) is 54.6 Å². The number of benzene rings is 2.